The Morgan fingerprint density at radius 1 is 1.79 bits per heavy atom. The van der Waals surface area contributed by atoms with E-state index in [2.05, 4.69) is 40.8 Å². The van der Waals surface area contributed by atoms with Crippen LogP contribution in [-0.2, 0) is 6.54 Å². The van der Waals surface area contributed by atoms with Gasteiger partial charge in [-0.25, -0.2) is 0 Å². The fraction of sp³-hybridized carbons (Fsp3) is 0.400. The lowest BCUT2D eigenvalue weighted by Crippen LogP contribution is -2.22. The molecule has 2 nitrogen and oxygen atoms in total. The van der Waals surface area contributed by atoms with Crippen LogP contribution in [0.15, 0.2) is 23.2 Å². The van der Waals surface area contributed by atoms with Crippen molar-refractivity contribution in [1.82, 2.24) is 5.32 Å². The molecule has 0 aliphatic rings. The van der Waals surface area contributed by atoms with Gasteiger partial charge in [-0.05, 0) is 28.9 Å². The molecule has 0 aliphatic carbocycles. The zero-order valence-corrected chi connectivity index (χ0v) is 10.7. The average Bonchev–Trinajstić information content (AvgIpc) is 2.55. The van der Waals surface area contributed by atoms with E-state index < -0.39 is 0 Å². The van der Waals surface area contributed by atoms with Gasteiger partial charge in [0.05, 0.1) is 11.6 Å². The van der Waals surface area contributed by atoms with Crippen LogP contribution < -0.4 is 10.1 Å². The summed E-state index contributed by atoms with van der Waals surface area (Å²) >= 11 is 5.08. The van der Waals surface area contributed by atoms with Gasteiger partial charge in [0.15, 0.2) is 5.06 Å². The molecular formula is C10H14BrNOS. The molecule has 1 unspecified atom stereocenters. The Kier molecular flexibility index (Phi) is 4.65. The Labute approximate surface area is 97.1 Å². The monoisotopic (exact) mass is 275 g/mol. The number of methoxy groups -OCH3 is 1. The van der Waals surface area contributed by atoms with Crippen molar-refractivity contribution in [2.75, 3.05) is 7.11 Å². The summed E-state index contributed by atoms with van der Waals surface area (Å²) < 4.78 is 6.20. The van der Waals surface area contributed by atoms with Gasteiger partial charge in [-0.15, -0.1) is 17.9 Å². The first kappa shape index (κ1) is 11.8. The number of halogens is 1. The fourth-order valence-electron chi connectivity index (χ4n) is 0.969. The largest absolute Gasteiger partial charge is 0.486 e. The first-order chi connectivity index (χ1) is 6.67. The molecule has 14 heavy (non-hydrogen) atoms. The first-order valence-electron chi connectivity index (χ1n) is 4.35. The van der Waals surface area contributed by atoms with Gasteiger partial charge >= 0.3 is 0 Å². The lowest BCUT2D eigenvalue weighted by Gasteiger charge is -2.06. The van der Waals surface area contributed by atoms with E-state index in [1.807, 2.05) is 6.08 Å². The molecule has 0 fully saturated rings. The molecule has 0 aliphatic heterocycles. The summed E-state index contributed by atoms with van der Waals surface area (Å²) in [6, 6.07) is 2.41. The van der Waals surface area contributed by atoms with Gasteiger partial charge in [0, 0.05) is 17.5 Å². The van der Waals surface area contributed by atoms with Gasteiger partial charge < -0.3 is 10.1 Å². The molecule has 1 aromatic rings. The molecule has 1 atom stereocenters. The molecule has 0 spiro atoms. The smallest absolute Gasteiger partial charge is 0.188 e. The highest BCUT2D eigenvalue weighted by Crippen LogP contribution is 2.34. The van der Waals surface area contributed by atoms with E-state index in [1.54, 1.807) is 18.4 Å². The number of nitrogens with one attached hydrogen (secondary N) is 1. The van der Waals surface area contributed by atoms with Crippen molar-refractivity contribution in [3.63, 3.8) is 0 Å². The molecule has 0 aromatic carbocycles. The molecule has 78 valence electrons. The molecule has 0 saturated heterocycles. The van der Waals surface area contributed by atoms with Crippen LogP contribution in [0.4, 0.5) is 0 Å². The molecule has 0 amide bonds. The topological polar surface area (TPSA) is 21.3 Å². The van der Waals surface area contributed by atoms with E-state index in [0.717, 1.165) is 16.1 Å². The molecule has 0 radical (unpaired) electrons. The van der Waals surface area contributed by atoms with Gasteiger partial charge in [-0.3, -0.25) is 0 Å². The van der Waals surface area contributed by atoms with Gasteiger partial charge in [0.25, 0.3) is 0 Å². The Morgan fingerprint density at radius 3 is 3.00 bits per heavy atom. The van der Waals surface area contributed by atoms with Crippen LogP contribution in [0.3, 0.4) is 0 Å². The minimum Gasteiger partial charge on any atom is -0.486 e. The summed E-state index contributed by atoms with van der Waals surface area (Å²) in [5, 5.41) is 4.25. The minimum atomic E-state index is 0.335. The maximum Gasteiger partial charge on any atom is 0.188 e. The summed E-state index contributed by atoms with van der Waals surface area (Å²) in [4.78, 5) is 1.25. The van der Waals surface area contributed by atoms with Crippen LogP contribution in [0.2, 0.25) is 0 Å². The lowest BCUT2D eigenvalue weighted by molar-refractivity contribution is 0.425. The number of rotatable bonds is 5. The summed E-state index contributed by atoms with van der Waals surface area (Å²) in [6.45, 7) is 6.64. The molecule has 1 N–H and O–H groups in total. The third-order valence-corrected chi connectivity index (χ3v) is 3.79. The molecule has 4 heteroatoms. The second kappa shape index (κ2) is 5.53. The van der Waals surface area contributed by atoms with Crippen LogP contribution in [0.5, 0.6) is 5.06 Å². The van der Waals surface area contributed by atoms with Crippen molar-refractivity contribution >= 4 is 27.3 Å². The third-order valence-electron chi connectivity index (χ3n) is 1.84. The Bertz CT molecular complexity index is 311. The van der Waals surface area contributed by atoms with Crippen molar-refractivity contribution in [3.8, 4) is 5.06 Å². The van der Waals surface area contributed by atoms with E-state index in [-0.39, 0.29) is 0 Å². The van der Waals surface area contributed by atoms with Crippen LogP contribution >= 0.6 is 27.3 Å². The Hall–Kier alpha value is -0.320. The second-order valence-corrected chi connectivity index (χ2v) is 4.91. The molecule has 1 heterocycles. The van der Waals surface area contributed by atoms with Crippen molar-refractivity contribution in [1.29, 1.82) is 0 Å². The second-order valence-electron chi connectivity index (χ2n) is 2.96. The van der Waals surface area contributed by atoms with Crippen LogP contribution in [-0.4, -0.2) is 13.2 Å². The highest BCUT2D eigenvalue weighted by atomic mass is 79.9. The molecular weight excluding hydrogens is 262 g/mol. The zero-order valence-electron chi connectivity index (χ0n) is 8.34. The summed E-state index contributed by atoms with van der Waals surface area (Å²) in [5.41, 5.74) is 0. The normalized spacial score (nSPS) is 12.5. The van der Waals surface area contributed by atoms with E-state index in [4.69, 9.17) is 4.74 Å². The Morgan fingerprint density at radius 2 is 2.50 bits per heavy atom. The molecule has 0 saturated carbocycles. The predicted molar refractivity (Wildman–Crippen MR) is 65.1 cm³/mol. The van der Waals surface area contributed by atoms with Gasteiger partial charge in [-0.1, -0.05) is 6.08 Å². The summed E-state index contributed by atoms with van der Waals surface area (Å²) in [6.07, 6.45) is 1.89. The average molecular weight is 276 g/mol. The lowest BCUT2D eigenvalue weighted by atomic mass is 10.3. The zero-order chi connectivity index (χ0) is 10.6. The van der Waals surface area contributed by atoms with Gasteiger partial charge in [0.1, 0.15) is 0 Å². The summed E-state index contributed by atoms with van der Waals surface area (Å²) in [7, 11) is 1.68. The van der Waals surface area contributed by atoms with E-state index in [9.17, 15) is 0 Å². The van der Waals surface area contributed by atoms with E-state index in [0.29, 0.717) is 6.04 Å². The first-order valence-corrected chi connectivity index (χ1v) is 5.96. The van der Waals surface area contributed by atoms with Crippen LogP contribution in [0.1, 0.15) is 11.8 Å². The maximum absolute atomic E-state index is 5.18. The molecule has 0 bridgehead atoms. The van der Waals surface area contributed by atoms with Gasteiger partial charge in [0.2, 0.25) is 0 Å². The van der Waals surface area contributed by atoms with E-state index >= 15 is 0 Å². The van der Waals surface area contributed by atoms with Crippen LogP contribution in [0.25, 0.3) is 0 Å². The van der Waals surface area contributed by atoms with Crippen molar-refractivity contribution in [3.05, 3.63) is 28.1 Å². The Balaban J connectivity index is 2.55. The van der Waals surface area contributed by atoms with Crippen LogP contribution in [0, 0.1) is 0 Å². The standard InChI is InChI=1S/C10H14BrNOS/c1-4-7(2)12-6-8-5-9(11)10(13-3)14-8/h4-5,7,12H,1,6H2,2-3H3. The van der Waals surface area contributed by atoms with Crippen molar-refractivity contribution in [2.45, 2.75) is 19.5 Å². The molecule has 1 rings (SSSR count). The minimum absolute atomic E-state index is 0.335. The fourth-order valence-corrected chi connectivity index (χ4v) is 2.61. The third kappa shape index (κ3) is 3.12. The number of thiophene rings is 1. The van der Waals surface area contributed by atoms with E-state index in [1.165, 1.54) is 4.88 Å². The molecule has 1 aromatic heterocycles. The quantitative estimate of drug-likeness (QED) is 0.834. The number of hydrogen-bond acceptors (Lipinski definition) is 3. The highest BCUT2D eigenvalue weighted by molar-refractivity contribution is 9.10. The van der Waals surface area contributed by atoms with Crippen molar-refractivity contribution < 1.29 is 4.74 Å². The maximum atomic E-state index is 5.18. The predicted octanol–water partition coefficient (Wildman–Crippen LogP) is 3.18. The summed E-state index contributed by atoms with van der Waals surface area (Å²) in [5.74, 6) is 0. The highest BCUT2D eigenvalue weighted by Gasteiger charge is 2.06. The number of ether oxygens (including phenoxy) is 1. The SMILES string of the molecule is C=CC(C)NCc1cc(Br)c(OC)s1. The van der Waals surface area contributed by atoms with Crippen molar-refractivity contribution in [2.24, 2.45) is 0 Å². The van der Waals surface area contributed by atoms with Gasteiger partial charge in [-0.2, -0.15) is 0 Å². The number of hydrogen-bond donors (Lipinski definition) is 1.